The van der Waals surface area contributed by atoms with Crippen LogP contribution in [-0.4, -0.2) is 34.0 Å². The van der Waals surface area contributed by atoms with Crippen molar-refractivity contribution in [3.63, 3.8) is 0 Å². The predicted molar refractivity (Wildman–Crippen MR) is 121 cm³/mol. The Balaban J connectivity index is 1.47. The van der Waals surface area contributed by atoms with Crippen molar-refractivity contribution in [2.45, 2.75) is 25.9 Å². The van der Waals surface area contributed by atoms with Gasteiger partial charge in [-0.15, -0.1) is 0 Å². The molecule has 1 spiro atoms. The Morgan fingerprint density at radius 1 is 1.15 bits per heavy atom. The third kappa shape index (κ3) is 4.28. The molecule has 1 saturated carbocycles. The zero-order valence-electron chi connectivity index (χ0n) is 17.9. The number of nitrogens with zero attached hydrogens (tertiary/aromatic N) is 1. The molecule has 172 valence electrons. The van der Waals surface area contributed by atoms with Gasteiger partial charge in [0.1, 0.15) is 24.6 Å². The molecule has 2 saturated heterocycles. The van der Waals surface area contributed by atoms with Gasteiger partial charge in [-0.2, -0.15) is 8.42 Å². The maximum absolute atomic E-state index is 15.6. The lowest BCUT2D eigenvalue weighted by atomic mass is 9.92. The molecule has 33 heavy (non-hydrogen) atoms. The summed E-state index contributed by atoms with van der Waals surface area (Å²) in [4.78, 5) is 11.8. The molecule has 7 nitrogen and oxygen atoms in total. The van der Waals surface area contributed by atoms with Crippen LogP contribution < -0.4 is 19.1 Å². The number of ether oxygens (including phenoxy) is 1. The number of rotatable bonds is 4. The van der Waals surface area contributed by atoms with Crippen molar-refractivity contribution in [1.29, 1.82) is 0 Å². The van der Waals surface area contributed by atoms with E-state index in [0.29, 0.717) is 4.31 Å². The third-order valence-electron chi connectivity index (χ3n) is 6.56. The Morgan fingerprint density at radius 3 is 2.61 bits per heavy atom. The molecule has 1 amide bonds. The maximum atomic E-state index is 15.6. The van der Waals surface area contributed by atoms with Crippen LogP contribution in [0, 0.1) is 29.0 Å². The molecular weight excluding hydrogens is 445 g/mol. The molecule has 3 fully saturated rings. The van der Waals surface area contributed by atoms with Crippen LogP contribution in [0.1, 0.15) is 30.4 Å². The Morgan fingerprint density at radius 2 is 1.91 bits per heavy atom. The number of amides is 1. The van der Waals surface area contributed by atoms with Gasteiger partial charge in [0.25, 0.3) is 5.91 Å². The highest BCUT2D eigenvalue weighted by Crippen LogP contribution is 2.58. The minimum atomic E-state index is -4.22. The lowest BCUT2D eigenvalue weighted by molar-refractivity contribution is -0.117. The minimum Gasteiger partial charge on any atom is -0.487 e. The molecule has 1 aliphatic carbocycles. The normalized spacial score (nSPS) is 22.4. The van der Waals surface area contributed by atoms with E-state index < -0.39 is 28.5 Å². The van der Waals surface area contributed by atoms with Crippen LogP contribution in [0.2, 0.25) is 0 Å². The van der Waals surface area contributed by atoms with Crippen LogP contribution in [0.5, 0.6) is 5.75 Å². The molecule has 3 aliphatic rings. The van der Waals surface area contributed by atoms with Crippen molar-refractivity contribution in [1.82, 2.24) is 10.0 Å². The van der Waals surface area contributed by atoms with E-state index in [4.69, 9.17) is 4.74 Å². The summed E-state index contributed by atoms with van der Waals surface area (Å²) in [5.74, 6) is 4.82. The van der Waals surface area contributed by atoms with Gasteiger partial charge in [-0.05, 0) is 55.5 Å². The highest BCUT2D eigenvalue weighted by Gasteiger charge is 2.53. The van der Waals surface area contributed by atoms with E-state index in [1.807, 2.05) is 35.1 Å². The quantitative estimate of drug-likeness (QED) is 0.672. The molecule has 0 aromatic heterocycles. The molecule has 2 heterocycles. The predicted octanol–water partition coefficient (Wildman–Crippen LogP) is 2.33. The van der Waals surface area contributed by atoms with Crippen LogP contribution in [0.3, 0.4) is 0 Å². The molecule has 2 aromatic carbocycles. The number of nitrogens with one attached hydrogen (secondary N) is 2. The van der Waals surface area contributed by atoms with Gasteiger partial charge < -0.3 is 10.1 Å². The number of benzene rings is 2. The van der Waals surface area contributed by atoms with E-state index in [-0.39, 0.29) is 34.9 Å². The topological polar surface area (TPSA) is 87.7 Å². The average molecular weight is 470 g/mol. The first-order chi connectivity index (χ1) is 15.9. The fraction of sp³-hybridized carbons (Fsp3) is 0.375. The first-order valence-corrected chi connectivity index (χ1v) is 12.4. The molecule has 2 aromatic rings. The lowest BCUT2D eigenvalue weighted by Gasteiger charge is -2.22. The SMILES string of the molecule is O=C1CN(c2c(OCc3ccccc3)ccc(C#CC3CC34CCNCC4)c2F)S(=O)(=O)N1. The Kier molecular flexibility index (Phi) is 5.51. The minimum absolute atomic E-state index is 0.0308. The summed E-state index contributed by atoms with van der Waals surface area (Å²) in [5.41, 5.74) is 0.850. The maximum Gasteiger partial charge on any atom is 0.326 e. The molecular formula is C24H24FN3O4S. The fourth-order valence-corrected chi connectivity index (χ4v) is 5.73. The highest BCUT2D eigenvalue weighted by molar-refractivity contribution is 7.92. The first kappa shape index (κ1) is 21.7. The van der Waals surface area contributed by atoms with Crippen molar-refractivity contribution in [2.75, 3.05) is 23.9 Å². The molecule has 0 radical (unpaired) electrons. The second-order valence-electron chi connectivity index (χ2n) is 8.72. The van der Waals surface area contributed by atoms with Crippen molar-refractivity contribution >= 4 is 21.8 Å². The number of piperidine rings is 1. The average Bonchev–Trinajstić information content (AvgIpc) is 3.38. The summed E-state index contributed by atoms with van der Waals surface area (Å²) in [6.07, 6.45) is 3.13. The molecule has 5 rings (SSSR count). The van der Waals surface area contributed by atoms with Gasteiger partial charge in [-0.3, -0.25) is 4.79 Å². The van der Waals surface area contributed by atoms with Crippen molar-refractivity contribution in [2.24, 2.45) is 11.3 Å². The van der Waals surface area contributed by atoms with Crippen molar-refractivity contribution in [3.8, 4) is 17.6 Å². The van der Waals surface area contributed by atoms with Gasteiger partial charge in [0.15, 0.2) is 5.82 Å². The zero-order valence-corrected chi connectivity index (χ0v) is 18.8. The van der Waals surface area contributed by atoms with Gasteiger partial charge in [0.2, 0.25) is 0 Å². The summed E-state index contributed by atoms with van der Waals surface area (Å²) in [5, 5.41) is 3.35. The van der Waals surface area contributed by atoms with E-state index in [2.05, 4.69) is 17.2 Å². The van der Waals surface area contributed by atoms with Crippen LogP contribution in [0.25, 0.3) is 0 Å². The van der Waals surface area contributed by atoms with E-state index >= 15 is 4.39 Å². The second kappa shape index (κ2) is 8.36. The van der Waals surface area contributed by atoms with E-state index in [1.54, 1.807) is 0 Å². The second-order valence-corrected chi connectivity index (χ2v) is 10.3. The van der Waals surface area contributed by atoms with E-state index in [9.17, 15) is 13.2 Å². The third-order valence-corrected chi connectivity index (χ3v) is 7.93. The van der Waals surface area contributed by atoms with Crippen molar-refractivity contribution in [3.05, 3.63) is 59.4 Å². The van der Waals surface area contributed by atoms with Gasteiger partial charge in [-0.1, -0.05) is 42.2 Å². The van der Waals surface area contributed by atoms with Crippen LogP contribution in [0.15, 0.2) is 42.5 Å². The fourth-order valence-electron chi connectivity index (χ4n) is 4.57. The zero-order chi connectivity index (χ0) is 23.1. The smallest absolute Gasteiger partial charge is 0.326 e. The lowest BCUT2D eigenvalue weighted by Crippen LogP contribution is -2.30. The van der Waals surface area contributed by atoms with Crippen LogP contribution in [-0.2, 0) is 21.6 Å². The molecule has 9 heteroatoms. The first-order valence-electron chi connectivity index (χ1n) is 10.9. The van der Waals surface area contributed by atoms with Crippen LogP contribution in [0.4, 0.5) is 10.1 Å². The number of hydrogen-bond acceptors (Lipinski definition) is 5. The number of anilines is 1. The summed E-state index contributed by atoms with van der Waals surface area (Å²) in [6, 6.07) is 12.3. The number of hydrogen-bond donors (Lipinski definition) is 2. The van der Waals surface area contributed by atoms with Gasteiger partial charge in [0.05, 0.1) is 5.56 Å². The highest BCUT2D eigenvalue weighted by atomic mass is 32.2. The molecule has 0 bridgehead atoms. The molecule has 1 unspecified atom stereocenters. The number of carbonyl (C=O) groups is 1. The Hall–Kier alpha value is -3.09. The number of carbonyl (C=O) groups excluding carboxylic acids is 1. The summed E-state index contributed by atoms with van der Waals surface area (Å²) < 4.78 is 49.0. The van der Waals surface area contributed by atoms with Gasteiger partial charge in [0, 0.05) is 5.92 Å². The molecule has 2 aliphatic heterocycles. The Labute approximate surface area is 192 Å². The molecule has 2 N–H and O–H groups in total. The van der Waals surface area contributed by atoms with E-state index in [1.165, 1.54) is 12.1 Å². The summed E-state index contributed by atoms with van der Waals surface area (Å²) in [6.45, 7) is 1.54. The van der Waals surface area contributed by atoms with Gasteiger partial charge >= 0.3 is 10.2 Å². The van der Waals surface area contributed by atoms with Gasteiger partial charge in [-0.25, -0.2) is 13.4 Å². The Bertz CT molecular complexity index is 1250. The summed E-state index contributed by atoms with van der Waals surface area (Å²) >= 11 is 0. The summed E-state index contributed by atoms with van der Waals surface area (Å²) in [7, 11) is -4.22. The van der Waals surface area contributed by atoms with Crippen molar-refractivity contribution < 1.29 is 22.3 Å². The van der Waals surface area contributed by atoms with Crippen LogP contribution >= 0.6 is 0 Å². The monoisotopic (exact) mass is 469 g/mol. The number of halogens is 1. The van der Waals surface area contributed by atoms with E-state index in [0.717, 1.165) is 37.9 Å². The standard InChI is InChI=1S/C24H24FN3O4S/c25-22-18(6-8-19-14-24(19)10-12-26-13-11-24)7-9-20(32-16-17-4-2-1-3-5-17)23(22)28-15-21(29)27-33(28,30)31/h1-5,7,9,19,26H,10-16H2,(H,27,29). The molecule has 1 atom stereocenters. The largest absolute Gasteiger partial charge is 0.487 e.